The minimum atomic E-state index is -1.19. The Balaban J connectivity index is 6.23. The lowest BCUT2D eigenvalue weighted by atomic mass is 10.2. The zero-order chi connectivity index (χ0) is 28.9. The summed E-state index contributed by atoms with van der Waals surface area (Å²) in [7, 11) is -1.54. The molecule has 0 rings (SSSR count). The highest BCUT2D eigenvalue weighted by Gasteiger charge is 2.46. The van der Waals surface area contributed by atoms with Gasteiger partial charge in [-0.25, -0.2) is 0 Å². The molecule has 0 aliphatic heterocycles. The number of unbranched alkanes of at least 4 members (excludes halogenated alkanes) is 18. The van der Waals surface area contributed by atoms with Gasteiger partial charge < -0.3 is 0 Å². The van der Waals surface area contributed by atoms with Crippen molar-refractivity contribution in [1.29, 1.82) is 0 Å². The van der Waals surface area contributed by atoms with E-state index in [0.29, 0.717) is 0 Å². The van der Waals surface area contributed by atoms with E-state index in [1.165, 1.54) is 103 Å². The molecule has 0 aromatic heterocycles. The summed E-state index contributed by atoms with van der Waals surface area (Å²) in [5.74, 6) is 0. The Labute approximate surface area is 254 Å². The minimum Gasteiger partial charge on any atom is -0.0654 e. The summed E-state index contributed by atoms with van der Waals surface area (Å²) in [6.45, 7) is 14.5. The molecule has 0 amide bonds. The van der Waals surface area contributed by atoms with Crippen molar-refractivity contribution in [3.8, 4) is 0 Å². The summed E-state index contributed by atoms with van der Waals surface area (Å²) in [5.41, 5.74) is 0. The second-order valence-electron chi connectivity index (χ2n) is 13.2. The molecule has 0 aliphatic rings. The molecular formula is C36H78Si3. The standard InChI is InChI=1S/C36H78Si3/c1-7-13-19-25-31-37(32-26-20-14-8-2)39(35-29-23-17-11-5,36-30-24-18-12-6)38(33-27-21-15-9-3)34-28-22-16-10-4/h7-36H2,1-6H3. The SMILES string of the molecule is CCCCCC[Si](CCCCCC)[Si](CCCCCC)(CCCCCC)[Si](CCCCCC)CCCCCC. The highest BCUT2D eigenvalue weighted by Crippen LogP contribution is 2.38. The summed E-state index contributed by atoms with van der Waals surface area (Å²) in [6.07, 6.45) is 36.2. The van der Waals surface area contributed by atoms with Gasteiger partial charge in [0.1, 0.15) is 0 Å². The summed E-state index contributed by atoms with van der Waals surface area (Å²) >= 11 is 0. The lowest BCUT2D eigenvalue weighted by Crippen LogP contribution is -2.62. The van der Waals surface area contributed by atoms with E-state index in [4.69, 9.17) is 0 Å². The predicted octanol–water partition coefficient (Wildman–Crippen LogP) is 14.1. The molecule has 39 heavy (non-hydrogen) atoms. The van der Waals surface area contributed by atoms with Gasteiger partial charge in [-0.1, -0.05) is 232 Å². The van der Waals surface area contributed by atoms with Crippen LogP contribution in [-0.2, 0) is 0 Å². The molecule has 0 spiro atoms. The fourth-order valence-electron chi connectivity index (χ4n) is 7.06. The van der Waals surface area contributed by atoms with Crippen LogP contribution in [0.4, 0.5) is 0 Å². The first kappa shape index (κ1) is 39.7. The maximum atomic E-state index is 2.42. The average Bonchev–Trinajstić information content (AvgIpc) is 2.95. The lowest BCUT2D eigenvalue weighted by Gasteiger charge is -2.45. The Morgan fingerprint density at radius 2 is 0.513 bits per heavy atom. The van der Waals surface area contributed by atoms with Gasteiger partial charge in [-0.15, -0.1) is 0 Å². The summed E-state index contributed by atoms with van der Waals surface area (Å²) in [6, 6.07) is 10.5. The van der Waals surface area contributed by atoms with Crippen molar-refractivity contribution in [3.05, 3.63) is 0 Å². The summed E-state index contributed by atoms with van der Waals surface area (Å²) in [4.78, 5) is 0. The molecular weight excluding hydrogens is 517 g/mol. The van der Waals surface area contributed by atoms with E-state index in [9.17, 15) is 0 Å². The van der Waals surface area contributed by atoms with E-state index >= 15 is 0 Å². The third-order valence-electron chi connectivity index (χ3n) is 9.60. The Bertz CT molecular complexity index is 400. The molecule has 0 fully saturated rings. The van der Waals surface area contributed by atoms with Crippen LogP contribution in [0, 0.1) is 0 Å². The van der Waals surface area contributed by atoms with Gasteiger partial charge in [0, 0.05) is 23.7 Å². The fraction of sp³-hybridized carbons (Fsp3) is 1.00. The smallest absolute Gasteiger partial charge is 0.0378 e. The third kappa shape index (κ3) is 20.2. The van der Waals surface area contributed by atoms with Gasteiger partial charge in [0.15, 0.2) is 0 Å². The van der Waals surface area contributed by atoms with Crippen molar-refractivity contribution in [2.75, 3.05) is 0 Å². The van der Waals surface area contributed by atoms with Gasteiger partial charge in [0.05, 0.1) is 0 Å². The highest BCUT2D eigenvalue weighted by atomic mass is 29.6. The molecule has 0 aliphatic carbocycles. The topological polar surface area (TPSA) is 0 Å². The van der Waals surface area contributed by atoms with Gasteiger partial charge in [-0.3, -0.25) is 0 Å². The molecule has 0 saturated heterocycles. The Morgan fingerprint density at radius 1 is 0.282 bits per heavy atom. The van der Waals surface area contributed by atoms with E-state index in [1.807, 2.05) is 0 Å². The maximum Gasteiger partial charge on any atom is 0.0378 e. The second kappa shape index (κ2) is 30.1. The number of hydrogen-bond donors (Lipinski definition) is 0. The fourth-order valence-corrected chi connectivity index (χ4v) is 40.8. The third-order valence-corrected chi connectivity index (χ3v) is 39.0. The summed E-state index contributed by atoms with van der Waals surface area (Å²) in [5, 5.41) is 0. The first-order chi connectivity index (χ1) is 19.2. The quantitative estimate of drug-likeness (QED) is 0.0536. The zero-order valence-electron chi connectivity index (χ0n) is 28.7. The van der Waals surface area contributed by atoms with Crippen LogP contribution in [0.5, 0.6) is 0 Å². The molecule has 0 heterocycles. The Hall–Kier alpha value is 0.651. The van der Waals surface area contributed by atoms with E-state index in [1.54, 1.807) is 87.6 Å². The second-order valence-corrected chi connectivity index (χ2v) is 32.2. The molecule has 0 atom stereocenters. The molecule has 0 aromatic carbocycles. The number of rotatable bonds is 32. The zero-order valence-corrected chi connectivity index (χ0v) is 31.7. The van der Waals surface area contributed by atoms with Crippen LogP contribution in [0.3, 0.4) is 0 Å². The van der Waals surface area contributed by atoms with E-state index in [0.717, 1.165) is 0 Å². The summed E-state index contributed by atoms with van der Waals surface area (Å²) < 4.78 is 0. The Kier molecular flexibility index (Phi) is 30.6. The first-order valence-electron chi connectivity index (χ1n) is 18.9. The van der Waals surface area contributed by atoms with E-state index < -0.39 is 7.11 Å². The van der Waals surface area contributed by atoms with Crippen molar-refractivity contribution in [2.45, 2.75) is 232 Å². The minimum absolute atomic E-state index is 0.176. The van der Waals surface area contributed by atoms with E-state index in [-0.39, 0.29) is 16.6 Å². The largest absolute Gasteiger partial charge is 0.0654 e. The van der Waals surface area contributed by atoms with Crippen LogP contribution in [0.1, 0.15) is 196 Å². The van der Waals surface area contributed by atoms with Crippen LogP contribution in [0.15, 0.2) is 0 Å². The van der Waals surface area contributed by atoms with Gasteiger partial charge in [-0.2, -0.15) is 0 Å². The maximum absolute atomic E-state index is 2.42. The van der Waals surface area contributed by atoms with Gasteiger partial charge >= 0.3 is 0 Å². The van der Waals surface area contributed by atoms with Crippen LogP contribution in [-0.4, -0.2) is 23.7 Å². The lowest BCUT2D eigenvalue weighted by molar-refractivity contribution is 0.677. The molecule has 0 saturated carbocycles. The molecule has 0 nitrogen and oxygen atoms in total. The van der Waals surface area contributed by atoms with Crippen LogP contribution in [0.25, 0.3) is 0 Å². The predicted molar refractivity (Wildman–Crippen MR) is 191 cm³/mol. The van der Waals surface area contributed by atoms with Gasteiger partial charge in [0.25, 0.3) is 0 Å². The van der Waals surface area contributed by atoms with Crippen LogP contribution in [0.2, 0.25) is 36.3 Å². The molecule has 0 bridgehead atoms. The Morgan fingerprint density at radius 3 is 0.744 bits per heavy atom. The highest BCUT2D eigenvalue weighted by molar-refractivity contribution is 7.60. The first-order valence-corrected chi connectivity index (χ1v) is 27.1. The van der Waals surface area contributed by atoms with Gasteiger partial charge in [-0.05, 0) is 0 Å². The molecule has 3 heteroatoms. The van der Waals surface area contributed by atoms with Crippen molar-refractivity contribution in [2.24, 2.45) is 0 Å². The van der Waals surface area contributed by atoms with Crippen LogP contribution >= 0.6 is 0 Å². The molecule has 0 aromatic rings. The molecule has 0 unspecified atom stereocenters. The number of hydrogen-bond acceptors (Lipinski definition) is 0. The average molecular weight is 595 g/mol. The molecule has 0 N–H and O–H groups in total. The molecule has 2 radical (unpaired) electrons. The van der Waals surface area contributed by atoms with Crippen molar-refractivity contribution >= 4 is 23.7 Å². The van der Waals surface area contributed by atoms with Gasteiger partial charge in [0.2, 0.25) is 0 Å². The van der Waals surface area contributed by atoms with E-state index in [2.05, 4.69) is 41.5 Å². The normalized spacial score (nSPS) is 12.3. The van der Waals surface area contributed by atoms with Crippen molar-refractivity contribution < 1.29 is 0 Å². The van der Waals surface area contributed by atoms with Crippen LogP contribution < -0.4 is 0 Å². The van der Waals surface area contributed by atoms with Crippen molar-refractivity contribution in [3.63, 3.8) is 0 Å². The van der Waals surface area contributed by atoms with Crippen molar-refractivity contribution in [1.82, 2.24) is 0 Å². The molecule has 234 valence electrons. The monoisotopic (exact) mass is 595 g/mol.